The Hall–Kier alpha value is -2.09. The van der Waals surface area contributed by atoms with Crippen molar-refractivity contribution in [3.63, 3.8) is 0 Å². The van der Waals surface area contributed by atoms with Gasteiger partial charge in [-0.1, -0.05) is 41.9 Å². The van der Waals surface area contributed by atoms with Gasteiger partial charge in [-0.2, -0.15) is 0 Å². The first kappa shape index (κ1) is 19.2. The van der Waals surface area contributed by atoms with Crippen molar-refractivity contribution in [2.24, 2.45) is 0 Å². The molecular weight excluding hydrogens is 364 g/mol. The van der Waals surface area contributed by atoms with Crippen LogP contribution < -0.4 is 14.8 Å². The average molecular weight is 383 g/mol. The van der Waals surface area contributed by atoms with Crippen LogP contribution in [0.25, 0.3) is 0 Å². The van der Waals surface area contributed by atoms with Gasteiger partial charge in [-0.05, 0) is 30.2 Å². The van der Waals surface area contributed by atoms with E-state index < -0.39 is 15.9 Å². The van der Waals surface area contributed by atoms with Crippen LogP contribution in [0.5, 0.6) is 5.75 Å². The van der Waals surface area contributed by atoms with E-state index in [0.717, 1.165) is 5.56 Å². The van der Waals surface area contributed by atoms with Gasteiger partial charge in [0.25, 0.3) is 0 Å². The molecule has 2 N–H and O–H groups in total. The Morgan fingerprint density at radius 3 is 2.52 bits per heavy atom. The Morgan fingerprint density at radius 2 is 1.88 bits per heavy atom. The maximum Gasteiger partial charge on any atom is 0.239 e. The quantitative estimate of drug-likeness (QED) is 0.734. The zero-order valence-electron chi connectivity index (χ0n) is 13.7. The number of halogens is 1. The predicted octanol–water partition coefficient (Wildman–Crippen LogP) is 2.45. The highest BCUT2D eigenvalue weighted by molar-refractivity contribution is 7.89. The largest absolute Gasteiger partial charge is 0.495 e. The van der Waals surface area contributed by atoms with Crippen molar-refractivity contribution < 1.29 is 17.9 Å². The number of sulfonamides is 1. The second kappa shape index (κ2) is 8.84. The number of carbonyl (C=O) groups is 1. The topological polar surface area (TPSA) is 84.5 Å². The van der Waals surface area contributed by atoms with E-state index >= 15 is 0 Å². The van der Waals surface area contributed by atoms with Crippen molar-refractivity contribution in [1.82, 2.24) is 4.72 Å². The minimum absolute atomic E-state index is 0.0847. The SMILES string of the molecule is COc1ccc(NC(=O)CNS(=O)(=O)CCc2ccccc2)cc1Cl. The van der Waals surface area contributed by atoms with Crippen molar-refractivity contribution >= 4 is 33.2 Å². The summed E-state index contributed by atoms with van der Waals surface area (Å²) in [5, 5.41) is 2.93. The lowest BCUT2D eigenvalue weighted by Gasteiger charge is -2.09. The molecule has 0 saturated carbocycles. The smallest absolute Gasteiger partial charge is 0.239 e. The van der Waals surface area contributed by atoms with Gasteiger partial charge >= 0.3 is 0 Å². The number of rotatable bonds is 8. The molecule has 0 heterocycles. The van der Waals surface area contributed by atoms with Crippen LogP contribution in [0.4, 0.5) is 5.69 Å². The first-order valence-corrected chi connectivity index (χ1v) is 9.57. The third-order valence-electron chi connectivity index (χ3n) is 3.39. The van der Waals surface area contributed by atoms with Crippen LogP contribution in [0.3, 0.4) is 0 Å². The lowest BCUT2D eigenvalue weighted by molar-refractivity contribution is -0.115. The Bertz CT molecular complexity index is 826. The Morgan fingerprint density at radius 1 is 1.16 bits per heavy atom. The number of carbonyl (C=O) groups excluding carboxylic acids is 1. The van der Waals surface area contributed by atoms with Crippen molar-refractivity contribution in [3.8, 4) is 5.75 Å². The van der Waals surface area contributed by atoms with E-state index in [9.17, 15) is 13.2 Å². The first-order valence-electron chi connectivity index (χ1n) is 7.54. The fourth-order valence-electron chi connectivity index (χ4n) is 2.09. The third-order valence-corrected chi connectivity index (χ3v) is 5.01. The van der Waals surface area contributed by atoms with Gasteiger partial charge in [0, 0.05) is 5.69 Å². The molecule has 0 aliphatic heterocycles. The van der Waals surface area contributed by atoms with Gasteiger partial charge in [0.1, 0.15) is 5.75 Å². The standard InChI is InChI=1S/C17H19ClN2O4S/c1-24-16-8-7-14(11-15(16)18)20-17(21)12-19-25(22,23)10-9-13-5-3-2-4-6-13/h2-8,11,19H,9-10,12H2,1H3,(H,20,21). The second-order valence-electron chi connectivity index (χ2n) is 5.27. The van der Waals surface area contributed by atoms with E-state index in [4.69, 9.17) is 16.3 Å². The third kappa shape index (κ3) is 6.38. The van der Waals surface area contributed by atoms with Crippen molar-refractivity contribution in [2.45, 2.75) is 6.42 Å². The molecule has 0 aliphatic rings. The maximum atomic E-state index is 12.0. The number of aryl methyl sites for hydroxylation is 1. The summed E-state index contributed by atoms with van der Waals surface area (Å²) in [6.45, 7) is -0.346. The number of methoxy groups -OCH3 is 1. The molecule has 2 aromatic rings. The van der Waals surface area contributed by atoms with Crippen LogP contribution >= 0.6 is 11.6 Å². The molecule has 2 rings (SSSR count). The molecule has 0 unspecified atom stereocenters. The lowest BCUT2D eigenvalue weighted by atomic mass is 10.2. The minimum atomic E-state index is -3.54. The lowest BCUT2D eigenvalue weighted by Crippen LogP contribution is -2.34. The number of hydrogen-bond donors (Lipinski definition) is 2. The van der Waals surface area contributed by atoms with Crippen molar-refractivity contribution in [3.05, 3.63) is 59.1 Å². The number of hydrogen-bond acceptors (Lipinski definition) is 4. The average Bonchev–Trinajstić information content (AvgIpc) is 2.60. The summed E-state index contributed by atoms with van der Waals surface area (Å²) in [4.78, 5) is 11.9. The summed E-state index contributed by atoms with van der Waals surface area (Å²) >= 11 is 5.97. The van der Waals surface area contributed by atoms with Crippen LogP contribution in [0.2, 0.25) is 5.02 Å². The van der Waals surface area contributed by atoms with E-state index in [0.29, 0.717) is 22.9 Å². The monoisotopic (exact) mass is 382 g/mol. The summed E-state index contributed by atoms with van der Waals surface area (Å²) in [7, 11) is -2.05. The van der Waals surface area contributed by atoms with Crippen molar-refractivity contribution in [2.75, 3.05) is 24.7 Å². The molecule has 25 heavy (non-hydrogen) atoms. The predicted molar refractivity (Wildman–Crippen MR) is 98.6 cm³/mol. The molecular formula is C17H19ClN2O4S. The van der Waals surface area contributed by atoms with Crippen LogP contribution in [0, 0.1) is 0 Å². The molecule has 1 amide bonds. The maximum absolute atomic E-state index is 12.0. The van der Waals surface area contributed by atoms with Gasteiger partial charge in [0.05, 0.1) is 24.4 Å². The first-order chi connectivity index (χ1) is 11.9. The van der Waals surface area contributed by atoms with Crippen LogP contribution in [0.1, 0.15) is 5.56 Å². The zero-order chi connectivity index (χ0) is 18.3. The highest BCUT2D eigenvalue weighted by Crippen LogP contribution is 2.27. The second-order valence-corrected chi connectivity index (χ2v) is 7.61. The highest BCUT2D eigenvalue weighted by Gasteiger charge is 2.13. The Balaban J connectivity index is 1.83. The fraction of sp³-hybridized carbons (Fsp3) is 0.235. The molecule has 2 aromatic carbocycles. The summed E-state index contributed by atoms with van der Waals surface area (Å²) < 4.78 is 31.3. The summed E-state index contributed by atoms with van der Waals surface area (Å²) in [6, 6.07) is 14.0. The van der Waals surface area contributed by atoms with E-state index in [-0.39, 0.29) is 12.3 Å². The molecule has 0 saturated heterocycles. The van der Waals surface area contributed by atoms with Gasteiger partial charge < -0.3 is 10.1 Å². The molecule has 0 aromatic heterocycles. The molecule has 6 nitrogen and oxygen atoms in total. The van der Waals surface area contributed by atoms with E-state index in [1.54, 1.807) is 12.1 Å². The molecule has 0 aliphatic carbocycles. The molecule has 0 radical (unpaired) electrons. The van der Waals surface area contributed by atoms with Crippen molar-refractivity contribution in [1.29, 1.82) is 0 Å². The highest BCUT2D eigenvalue weighted by atomic mass is 35.5. The van der Waals surface area contributed by atoms with Crippen LogP contribution in [-0.4, -0.2) is 33.7 Å². The molecule has 0 atom stereocenters. The van der Waals surface area contributed by atoms with E-state index in [2.05, 4.69) is 10.0 Å². The fourth-order valence-corrected chi connectivity index (χ4v) is 3.35. The van der Waals surface area contributed by atoms with Gasteiger partial charge in [-0.15, -0.1) is 0 Å². The number of benzene rings is 2. The van der Waals surface area contributed by atoms with Crippen LogP contribution in [0.15, 0.2) is 48.5 Å². The number of amides is 1. The van der Waals surface area contributed by atoms with Gasteiger partial charge in [0.15, 0.2) is 0 Å². The minimum Gasteiger partial charge on any atom is -0.495 e. The van der Waals surface area contributed by atoms with E-state index in [1.165, 1.54) is 13.2 Å². The molecule has 8 heteroatoms. The number of ether oxygens (including phenoxy) is 1. The summed E-state index contributed by atoms with van der Waals surface area (Å²) in [5.74, 6) is -0.0793. The normalized spacial score (nSPS) is 11.1. The summed E-state index contributed by atoms with van der Waals surface area (Å²) in [6.07, 6.45) is 0.381. The number of nitrogens with one attached hydrogen (secondary N) is 2. The number of anilines is 1. The van der Waals surface area contributed by atoms with Gasteiger partial charge in [-0.25, -0.2) is 13.1 Å². The Kier molecular flexibility index (Phi) is 6.81. The Labute approximate surface area is 152 Å². The summed E-state index contributed by atoms with van der Waals surface area (Å²) in [5.41, 5.74) is 1.38. The molecule has 0 fully saturated rings. The zero-order valence-corrected chi connectivity index (χ0v) is 15.2. The van der Waals surface area contributed by atoms with Crippen LogP contribution in [-0.2, 0) is 21.2 Å². The van der Waals surface area contributed by atoms with Gasteiger partial charge in [0.2, 0.25) is 15.9 Å². The van der Waals surface area contributed by atoms with E-state index in [1.807, 2.05) is 30.3 Å². The molecule has 134 valence electrons. The molecule has 0 spiro atoms. The molecule has 0 bridgehead atoms. The van der Waals surface area contributed by atoms with Gasteiger partial charge in [-0.3, -0.25) is 4.79 Å².